The summed E-state index contributed by atoms with van der Waals surface area (Å²) >= 11 is 0. The van der Waals surface area contributed by atoms with Gasteiger partial charge in [-0.2, -0.15) is 0 Å². The maximum Gasteiger partial charge on any atom is 0.270 e. The van der Waals surface area contributed by atoms with E-state index in [9.17, 15) is 14.4 Å². The second-order valence-corrected chi connectivity index (χ2v) is 11.6. The predicted molar refractivity (Wildman–Crippen MR) is 163 cm³/mol. The molecule has 2 N–H and O–H groups in total. The molecule has 5 rings (SSSR count). The van der Waals surface area contributed by atoms with Crippen LogP contribution in [0.25, 0.3) is 22.0 Å². The zero-order chi connectivity index (χ0) is 29.1. The number of pyridine rings is 2. The second kappa shape index (κ2) is 12.1. The predicted octanol–water partition coefficient (Wildman–Crippen LogP) is 5.51. The van der Waals surface area contributed by atoms with Gasteiger partial charge in [-0.15, -0.1) is 0 Å². The lowest BCUT2D eigenvalue weighted by atomic mass is 9.90. The molecule has 0 aliphatic carbocycles. The number of carbonyl (C=O) groups is 2. The van der Waals surface area contributed by atoms with Crippen molar-refractivity contribution in [2.75, 3.05) is 13.1 Å². The van der Waals surface area contributed by atoms with Gasteiger partial charge in [0.2, 0.25) is 11.5 Å². The Labute approximate surface area is 241 Å². The molecule has 0 spiro atoms. The molecule has 1 aliphatic rings. The fourth-order valence-corrected chi connectivity index (χ4v) is 5.97. The molecule has 2 aromatic heterocycles. The molecule has 7 heteroatoms. The first-order chi connectivity index (χ1) is 19.7. The average Bonchev–Trinajstić information content (AvgIpc) is 2.94. The fourth-order valence-electron chi connectivity index (χ4n) is 5.97. The van der Waals surface area contributed by atoms with Crippen LogP contribution in [0.4, 0.5) is 0 Å². The highest BCUT2D eigenvalue weighted by Crippen LogP contribution is 2.25. The van der Waals surface area contributed by atoms with Gasteiger partial charge in [0.05, 0.1) is 6.42 Å². The standard InChI is InChI=1S/C34H38N4O3/c1-21-5-8-28(22(2)15-21)27-7-10-31(35-20-27)34(41)36-24(4)17-25-11-13-38(14-12-25)33(40)19-26-6-9-30-29(18-26)23(3)16-32(39)37-30/h5-10,15-16,18,20,24-25H,11-14,17,19H2,1-4H3,(H,36,41)(H,37,39). The Kier molecular flexibility index (Phi) is 8.34. The maximum atomic E-state index is 13.0. The third-order valence-corrected chi connectivity index (χ3v) is 8.19. The normalized spacial score (nSPS) is 14.7. The van der Waals surface area contributed by atoms with Crippen LogP contribution in [0, 0.1) is 26.7 Å². The molecule has 3 heterocycles. The third kappa shape index (κ3) is 6.73. The second-order valence-electron chi connectivity index (χ2n) is 11.6. The van der Waals surface area contributed by atoms with E-state index >= 15 is 0 Å². The van der Waals surface area contributed by atoms with Crippen LogP contribution in [-0.2, 0) is 11.2 Å². The summed E-state index contributed by atoms with van der Waals surface area (Å²) in [7, 11) is 0. The molecule has 1 aliphatic heterocycles. The quantitative estimate of drug-likeness (QED) is 0.317. The van der Waals surface area contributed by atoms with Crippen LogP contribution in [0.2, 0.25) is 0 Å². The van der Waals surface area contributed by atoms with Gasteiger partial charge in [0.1, 0.15) is 5.69 Å². The van der Waals surface area contributed by atoms with Crippen LogP contribution in [0.3, 0.4) is 0 Å². The molecule has 1 saturated heterocycles. The van der Waals surface area contributed by atoms with E-state index in [0.29, 0.717) is 18.0 Å². The number of rotatable bonds is 7. The molecule has 41 heavy (non-hydrogen) atoms. The zero-order valence-corrected chi connectivity index (χ0v) is 24.3. The Hall–Kier alpha value is -4.26. The first kappa shape index (κ1) is 28.3. The first-order valence-corrected chi connectivity index (χ1v) is 14.4. The third-order valence-electron chi connectivity index (χ3n) is 8.19. The van der Waals surface area contributed by atoms with E-state index < -0.39 is 0 Å². The Morgan fingerprint density at radius 3 is 2.49 bits per heavy atom. The minimum atomic E-state index is -0.160. The molecule has 1 atom stereocenters. The van der Waals surface area contributed by atoms with Crippen molar-refractivity contribution in [3.63, 3.8) is 0 Å². The molecule has 7 nitrogen and oxygen atoms in total. The highest BCUT2D eigenvalue weighted by molar-refractivity contribution is 5.92. The number of hydrogen-bond donors (Lipinski definition) is 2. The van der Waals surface area contributed by atoms with Crippen LogP contribution < -0.4 is 10.9 Å². The minimum Gasteiger partial charge on any atom is -0.348 e. The molecule has 1 unspecified atom stereocenters. The Bertz CT molecular complexity index is 1630. The molecule has 2 amide bonds. The summed E-state index contributed by atoms with van der Waals surface area (Å²) in [5, 5.41) is 4.08. The summed E-state index contributed by atoms with van der Waals surface area (Å²) in [6.07, 6.45) is 4.83. The van der Waals surface area contributed by atoms with Gasteiger partial charge in [-0.05, 0) is 93.3 Å². The van der Waals surface area contributed by atoms with Crippen molar-refractivity contribution in [1.82, 2.24) is 20.2 Å². The Balaban J connectivity index is 1.09. The number of likely N-dealkylation sites (tertiary alicyclic amines) is 1. The molecule has 0 saturated carbocycles. The number of aryl methyl sites for hydroxylation is 3. The van der Waals surface area contributed by atoms with Gasteiger partial charge in [-0.1, -0.05) is 35.9 Å². The number of aromatic amines is 1. The highest BCUT2D eigenvalue weighted by Gasteiger charge is 2.25. The van der Waals surface area contributed by atoms with Crippen molar-refractivity contribution < 1.29 is 9.59 Å². The lowest BCUT2D eigenvalue weighted by molar-refractivity contribution is -0.131. The van der Waals surface area contributed by atoms with E-state index in [1.807, 2.05) is 43.0 Å². The number of piperidine rings is 1. The van der Waals surface area contributed by atoms with Gasteiger partial charge < -0.3 is 15.2 Å². The molecule has 1 fully saturated rings. The van der Waals surface area contributed by atoms with E-state index in [2.05, 4.69) is 47.3 Å². The molecule has 4 aromatic rings. The number of amides is 2. The number of H-pyrrole nitrogens is 1. The van der Waals surface area contributed by atoms with Crippen molar-refractivity contribution in [3.8, 4) is 11.1 Å². The van der Waals surface area contributed by atoms with Crippen LogP contribution in [0.5, 0.6) is 0 Å². The van der Waals surface area contributed by atoms with Crippen LogP contribution >= 0.6 is 0 Å². The summed E-state index contributed by atoms with van der Waals surface area (Å²) in [6.45, 7) is 9.57. The van der Waals surface area contributed by atoms with E-state index in [1.54, 1.807) is 18.3 Å². The molecule has 212 valence electrons. The van der Waals surface area contributed by atoms with Crippen LogP contribution in [0.1, 0.15) is 58.9 Å². The van der Waals surface area contributed by atoms with Gasteiger partial charge >= 0.3 is 0 Å². The lowest BCUT2D eigenvalue weighted by Gasteiger charge is -2.33. The minimum absolute atomic E-state index is 0.0165. The topological polar surface area (TPSA) is 95.2 Å². The molecular formula is C34H38N4O3. The summed E-state index contributed by atoms with van der Waals surface area (Å²) < 4.78 is 0. The van der Waals surface area contributed by atoms with Crippen molar-refractivity contribution in [2.24, 2.45) is 5.92 Å². The molecular weight excluding hydrogens is 512 g/mol. The van der Waals surface area contributed by atoms with Crippen molar-refractivity contribution in [3.05, 3.63) is 99.1 Å². The van der Waals surface area contributed by atoms with E-state index in [0.717, 1.165) is 65.5 Å². The number of hydrogen-bond acceptors (Lipinski definition) is 4. The van der Waals surface area contributed by atoms with Crippen molar-refractivity contribution in [1.29, 1.82) is 0 Å². The number of nitrogens with zero attached hydrogens (tertiary/aromatic N) is 2. The summed E-state index contributed by atoms with van der Waals surface area (Å²) in [6, 6.07) is 17.5. The summed E-state index contributed by atoms with van der Waals surface area (Å²) in [5.41, 5.74) is 7.48. The van der Waals surface area contributed by atoms with Gasteiger partial charge in [0.15, 0.2) is 0 Å². The highest BCUT2D eigenvalue weighted by atomic mass is 16.2. The van der Waals surface area contributed by atoms with E-state index in [-0.39, 0.29) is 23.4 Å². The monoisotopic (exact) mass is 550 g/mol. The number of carbonyl (C=O) groups excluding carboxylic acids is 2. The summed E-state index contributed by atoms with van der Waals surface area (Å²) in [4.78, 5) is 46.8. The summed E-state index contributed by atoms with van der Waals surface area (Å²) in [5.74, 6) is 0.419. The SMILES string of the molecule is Cc1ccc(-c2ccc(C(=O)NC(C)CC3CCN(C(=O)Cc4ccc5[nH]c(=O)cc(C)c5c4)CC3)nc2)c(C)c1. The lowest BCUT2D eigenvalue weighted by Crippen LogP contribution is -2.41. The van der Waals surface area contributed by atoms with E-state index in [1.165, 1.54) is 11.1 Å². The number of aromatic nitrogens is 2. The van der Waals surface area contributed by atoms with Gasteiger partial charge in [0, 0.05) is 47.9 Å². The smallest absolute Gasteiger partial charge is 0.270 e. The van der Waals surface area contributed by atoms with Gasteiger partial charge in [0.25, 0.3) is 5.91 Å². The number of fused-ring (bicyclic) bond motifs is 1. The van der Waals surface area contributed by atoms with Gasteiger partial charge in [-0.25, -0.2) is 0 Å². The molecule has 2 aromatic carbocycles. The zero-order valence-electron chi connectivity index (χ0n) is 24.3. The average molecular weight is 551 g/mol. The van der Waals surface area contributed by atoms with Gasteiger partial charge in [-0.3, -0.25) is 19.4 Å². The van der Waals surface area contributed by atoms with Crippen molar-refractivity contribution >= 4 is 22.7 Å². The fraction of sp³-hybridized carbons (Fsp3) is 0.353. The largest absolute Gasteiger partial charge is 0.348 e. The first-order valence-electron chi connectivity index (χ1n) is 14.4. The Morgan fingerprint density at radius 1 is 1.00 bits per heavy atom. The van der Waals surface area contributed by atoms with E-state index in [4.69, 9.17) is 0 Å². The van der Waals surface area contributed by atoms with Crippen LogP contribution in [0.15, 0.2) is 65.6 Å². The molecule has 0 bridgehead atoms. The maximum absolute atomic E-state index is 13.0. The van der Waals surface area contributed by atoms with Crippen LogP contribution in [-0.4, -0.2) is 45.8 Å². The number of benzene rings is 2. The Morgan fingerprint density at radius 2 is 1.78 bits per heavy atom. The number of nitrogens with one attached hydrogen (secondary N) is 2. The molecule has 0 radical (unpaired) electrons. The van der Waals surface area contributed by atoms with Crippen molar-refractivity contribution in [2.45, 2.75) is 59.4 Å².